The Kier molecular flexibility index (Phi) is 11.1. The van der Waals surface area contributed by atoms with Gasteiger partial charge in [-0.25, -0.2) is 13.2 Å². The van der Waals surface area contributed by atoms with Crippen LogP contribution in [0.3, 0.4) is 0 Å². The number of methoxy groups -OCH3 is 2. The highest BCUT2D eigenvalue weighted by Gasteiger charge is 2.38. The van der Waals surface area contributed by atoms with Crippen LogP contribution in [0.25, 0.3) is 0 Å². The Bertz CT molecular complexity index is 934. The Morgan fingerprint density at radius 2 is 1.68 bits per heavy atom. The average Bonchev–Trinajstić information content (AvgIpc) is 2.78. The van der Waals surface area contributed by atoms with Gasteiger partial charge in [0.1, 0.15) is 0 Å². The number of nitrogens with one attached hydrogen (secondary N) is 1. The standard InChI is InChI=1S/C18H29N3O5S.C2HF3O2/c1-14(2)12-21(13-18(22)20-9-7-19-8-10-20)27(23,24)15-5-6-16(25-3)17(11-15)26-4;3-2(4,5)1(6)7/h5-6,11,14,19H,7-10,12-13H2,1-4H3;(H,6,7). The summed E-state index contributed by atoms with van der Waals surface area (Å²) in [6, 6.07) is 4.45. The summed E-state index contributed by atoms with van der Waals surface area (Å²) in [4.78, 5) is 23.3. The van der Waals surface area contributed by atoms with Crippen LogP contribution in [-0.4, -0.2) is 94.3 Å². The predicted molar refractivity (Wildman–Crippen MR) is 116 cm³/mol. The molecular formula is C20H30F3N3O7S. The number of halogens is 3. The number of nitrogens with zero attached hydrogens (tertiary/aromatic N) is 2. The second-order valence-electron chi connectivity index (χ2n) is 7.64. The number of ether oxygens (including phenoxy) is 2. The van der Waals surface area contributed by atoms with Gasteiger partial charge in [0.05, 0.1) is 25.7 Å². The lowest BCUT2D eigenvalue weighted by atomic mass is 10.2. The lowest BCUT2D eigenvalue weighted by molar-refractivity contribution is -0.192. The maximum absolute atomic E-state index is 13.2. The second-order valence-corrected chi connectivity index (χ2v) is 9.58. The van der Waals surface area contributed by atoms with Crippen molar-refractivity contribution in [1.29, 1.82) is 0 Å². The number of aliphatic carboxylic acids is 1. The summed E-state index contributed by atoms with van der Waals surface area (Å²) < 4.78 is 69.8. The molecule has 1 fully saturated rings. The van der Waals surface area contributed by atoms with Crippen molar-refractivity contribution in [3.8, 4) is 11.5 Å². The average molecular weight is 514 g/mol. The molecule has 0 aliphatic carbocycles. The van der Waals surface area contributed by atoms with Crippen LogP contribution in [0.4, 0.5) is 13.2 Å². The van der Waals surface area contributed by atoms with Crippen molar-refractivity contribution >= 4 is 21.9 Å². The van der Waals surface area contributed by atoms with E-state index >= 15 is 0 Å². The van der Waals surface area contributed by atoms with Crippen LogP contribution in [0.15, 0.2) is 23.1 Å². The van der Waals surface area contributed by atoms with E-state index in [0.717, 1.165) is 13.1 Å². The van der Waals surface area contributed by atoms with Gasteiger partial charge in [-0.05, 0) is 18.1 Å². The zero-order chi connectivity index (χ0) is 26.1. The first-order chi connectivity index (χ1) is 15.7. The van der Waals surface area contributed by atoms with E-state index in [1.54, 1.807) is 11.0 Å². The Morgan fingerprint density at radius 3 is 2.12 bits per heavy atom. The molecule has 2 rings (SSSR count). The maximum Gasteiger partial charge on any atom is 0.490 e. The molecule has 1 aliphatic heterocycles. The van der Waals surface area contributed by atoms with E-state index in [9.17, 15) is 26.4 Å². The monoisotopic (exact) mass is 513 g/mol. The molecule has 0 radical (unpaired) electrons. The summed E-state index contributed by atoms with van der Waals surface area (Å²) in [7, 11) is -0.911. The van der Waals surface area contributed by atoms with Crippen LogP contribution in [0.1, 0.15) is 13.8 Å². The molecule has 0 aromatic heterocycles. The van der Waals surface area contributed by atoms with Crippen molar-refractivity contribution in [3.05, 3.63) is 18.2 Å². The Hall–Kier alpha value is -2.58. The maximum atomic E-state index is 13.2. The molecular weight excluding hydrogens is 483 g/mol. The number of piperazine rings is 1. The topological polar surface area (TPSA) is 125 Å². The van der Waals surface area contributed by atoms with Gasteiger partial charge in [-0.3, -0.25) is 4.79 Å². The molecule has 194 valence electrons. The molecule has 1 amide bonds. The molecule has 1 aromatic rings. The smallest absolute Gasteiger partial charge is 0.490 e. The number of carboxylic acid groups (broad SMARTS) is 1. The number of hydrogen-bond donors (Lipinski definition) is 2. The van der Waals surface area contributed by atoms with Crippen molar-refractivity contribution in [2.24, 2.45) is 5.92 Å². The third-order valence-electron chi connectivity index (χ3n) is 4.59. The molecule has 1 saturated heterocycles. The van der Waals surface area contributed by atoms with Gasteiger partial charge in [-0.15, -0.1) is 0 Å². The van der Waals surface area contributed by atoms with Crippen molar-refractivity contribution < 1.29 is 45.8 Å². The quantitative estimate of drug-likeness (QED) is 0.535. The third kappa shape index (κ3) is 8.65. The van der Waals surface area contributed by atoms with Crippen molar-refractivity contribution in [1.82, 2.24) is 14.5 Å². The van der Waals surface area contributed by atoms with Crippen molar-refractivity contribution in [2.45, 2.75) is 24.9 Å². The van der Waals surface area contributed by atoms with Crippen LogP contribution in [0, 0.1) is 5.92 Å². The molecule has 34 heavy (non-hydrogen) atoms. The number of alkyl halides is 3. The number of sulfonamides is 1. The van der Waals surface area contributed by atoms with Crippen LogP contribution in [-0.2, 0) is 19.6 Å². The molecule has 14 heteroatoms. The fraction of sp³-hybridized carbons (Fsp3) is 0.600. The minimum absolute atomic E-state index is 0.0777. The summed E-state index contributed by atoms with van der Waals surface area (Å²) in [5.74, 6) is -2.08. The fourth-order valence-corrected chi connectivity index (χ4v) is 4.52. The van der Waals surface area contributed by atoms with E-state index in [1.807, 2.05) is 13.8 Å². The van der Waals surface area contributed by atoms with E-state index in [2.05, 4.69) is 5.32 Å². The second kappa shape index (κ2) is 12.8. The minimum atomic E-state index is -5.08. The van der Waals surface area contributed by atoms with E-state index in [-0.39, 0.29) is 29.8 Å². The molecule has 1 aliphatic rings. The lowest BCUT2D eigenvalue weighted by Gasteiger charge is -2.30. The van der Waals surface area contributed by atoms with Gasteiger partial charge in [-0.1, -0.05) is 13.8 Å². The summed E-state index contributed by atoms with van der Waals surface area (Å²) in [5, 5.41) is 10.3. The number of rotatable bonds is 8. The first-order valence-corrected chi connectivity index (χ1v) is 11.7. The largest absolute Gasteiger partial charge is 0.493 e. The summed E-state index contributed by atoms with van der Waals surface area (Å²) in [6.45, 7) is 6.55. The molecule has 0 spiro atoms. The van der Waals surface area contributed by atoms with Gasteiger partial charge < -0.3 is 24.8 Å². The van der Waals surface area contributed by atoms with Gasteiger partial charge in [0.2, 0.25) is 15.9 Å². The lowest BCUT2D eigenvalue weighted by Crippen LogP contribution is -2.50. The normalized spacial score (nSPS) is 14.4. The zero-order valence-corrected chi connectivity index (χ0v) is 20.2. The van der Waals surface area contributed by atoms with Gasteiger partial charge in [0.15, 0.2) is 11.5 Å². The first kappa shape index (κ1) is 29.5. The molecule has 0 atom stereocenters. The van der Waals surface area contributed by atoms with Gasteiger partial charge in [0.25, 0.3) is 0 Å². The highest BCUT2D eigenvalue weighted by atomic mass is 32.2. The number of amides is 1. The number of carbonyl (C=O) groups excluding carboxylic acids is 1. The Morgan fingerprint density at radius 1 is 1.15 bits per heavy atom. The molecule has 0 bridgehead atoms. The summed E-state index contributed by atoms with van der Waals surface area (Å²) in [5.41, 5.74) is 0. The summed E-state index contributed by atoms with van der Waals surface area (Å²) >= 11 is 0. The highest BCUT2D eigenvalue weighted by molar-refractivity contribution is 7.89. The highest BCUT2D eigenvalue weighted by Crippen LogP contribution is 2.30. The van der Waals surface area contributed by atoms with E-state index in [0.29, 0.717) is 24.6 Å². The minimum Gasteiger partial charge on any atom is -0.493 e. The van der Waals surface area contributed by atoms with Gasteiger partial charge in [0, 0.05) is 38.8 Å². The molecule has 10 nitrogen and oxygen atoms in total. The number of hydrogen-bond acceptors (Lipinski definition) is 7. The molecule has 2 N–H and O–H groups in total. The summed E-state index contributed by atoms with van der Waals surface area (Å²) in [6.07, 6.45) is -5.08. The third-order valence-corrected chi connectivity index (χ3v) is 6.39. The first-order valence-electron chi connectivity index (χ1n) is 10.2. The molecule has 0 unspecified atom stereocenters. The van der Waals surface area contributed by atoms with Crippen LogP contribution in [0.5, 0.6) is 11.5 Å². The predicted octanol–water partition coefficient (Wildman–Crippen LogP) is 1.42. The SMILES string of the molecule is COc1ccc(S(=O)(=O)N(CC(=O)N2CCNCC2)CC(C)C)cc1OC.O=C(O)C(F)(F)F. The van der Waals surface area contributed by atoms with Crippen molar-refractivity contribution in [3.63, 3.8) is 0 Å². The van der Waals surface area contributed by atoms with E-state index < -0.39 is 22.2 Å². The van der Waals surface area contributed by atoms with Crippen LogP contribution >= 0.6 is 0 Å². The Labute approximate surface area is 196 Å². The Balaban J connectivity index is 0.000000718. The van der Waals surface area contributed by atoms with Crippen LogP contribution in [0.2, 0.25) is 0 Å². The van der Waals surface area contributed by atoms with E-state index in [4.69, 9.17) is 19.4 Å². The van der Waals surface area contributed by atoms with Gasteiger partial charge >= 0.3 is 12.1 Å². The number of carbonyl (C=O) groups is 2. The van der Waals surface area contributed by atoms with E-state index in [1.165, 1.54) is 30.7 Å². The molecule has 1 heterocycles. The number of benzene rings is 1. The fourth-order valence-electron chi connectivity index (χ4n) is 2.95. The van der Waals surface area contributed by atoms with Crippen LogP contribution < -0.4 is 14.8 Å². The molecule has 1 aromatic carbocycles. The van der Waals surface area contributed by atoms with Crippen molar-refractivity contribution in [2.75, 3.05) is 53.5 Å². The molecule has 0 saturated carbocycles. The van der Waals surface area contributed by atoms with Gasteiger partial charge in [-0.2, -0.15) is 17.5 Å². The number of carboxylic acids is 1. The zero-order valence-electron chi connectivity index (χ0n) is 19.4.